The van der Waals surface area contributed by atoms with E-state index in [9.17, 15) is 13.2 Å². The van der Waals surface area contributed by atoms with Crippen LogP contribution in [0.5, 0.6) is 0 Å². The second-order valence-electron chi connectivity index (χ2n) is 8.78. The second-order valence-corrected chi connectivity index (χ2v) is 8.78. The van der Waals surface area contributed by atoms with Crippen molar-refractivity contribution in [2.75, 3.05) is 26.0 Å². The molecule has 2 heterocycles. The highest BCUT2D eigenvalue weighted by atomic mass is 19.4. The van der Waals surface area contributed by atoms with Crippen molar-refractivity contribution >= 4 is 17.0 Å². The topological polar surface area (TPSA) is 67.1 Å². The number of anilines is 1. The van der Waals surface area contributed by atoms with Gasteiger partial charge in [-0.15, -0.1) is 0 Å². The molecule has 0 fully saturated rings. The lowest BCUT2D eigenvalue weighted by atomic mass is 10.0. The minimum atomic E-state index is -4.42. The van der Waals surface area contributed by atoms with Crippen molar-refractivity contribution < 1.29 is 17.6 Å². The van der Waals surface area contributed by atoms with Gasteiger partial charge in [-0.3, -0.25) is 0 Å². The van der Waals surface area contributed by atoms with Crippen LogP contribution in [0, 0.1) is 0 Å². The molecule has 0 aliphatic heterocycles. The van der Waals surface area contributed by atoms with Crippen LogP contribution in [-0.4, -0.2) is 40.5 Å². The number of fused-ring (bicyclic) bond motifs is 1. The molecule has 3 aromatic carbocycles. The quantitative estimate of drug-likeness (QED) is 0.267. The van der Waals surface area contributed by atoms with Crippen LogP contribution < -0.4 is 5.32 Å². The molecular formula is C28H24F3N5O. The van der Waals surface area contributed by atoms with Crippen molar-refractivity contribution in [2.45, 2.75) is 12.2 Å². The summed E-state index contributed by atoms with van der Waals surface area (Å²) in [5.41, 5.74) is 2.20. The van der Waals surface area contributed by atoms with Gasteiger partial charge < -0.3 is 14.6 Å². The zero-order chi connectivity index (χ0) is 26.0. The molecular weight excluding hydrogens is 479 g/mol. The van der Waals surface area contributed by atoms with Crippen LogP contribution in [0.2, 0.25) is 0 Å². The van der Waals surface area contributed by atoms with Crippen molar-refractivity contribution in [1.82, 2.24) is 19.9 Å². The zero-order valence-corrected chi connectivity index (χ0v) is 20.2. The molecule has 0 amide bonds. The monoisotopic (exact) mass is 503 g/mol. The maximum Gasteiger partial charge on any atom is 0.416 e. The number of alkyl halides is 3. The van der Waals surface area contributed by atoms with E-state index in [1.165, 1.54) is 12.1 Å². The molecule has 0 bridgehead atoms. The number of rotatable bonds is 7. The molecule has 2 aromatic heterocycles. The van der Waals surface area contributed by atoms with Gasteiger partial charge in [0.2, 0.25) is 17.1 Å². The Morgan fingerprint density at radius 1 is 0.838 bits per heavy atom. The van der Waals surface area contributed by atoms with Crippen molar-refractivity contribution in [3.63, 3.8) is 0 Å². The van der Waals surface area contributed by atoms with Gasteiger partial charge in [-0.1, -0.05) is 60.7 Å². The van der Waals surface area contributed by atoms with Gasteiger partial charge in [-0.2, -0.15) is 18.2 Å². The lowest BCUT2D eigenvalue weighted by Gasteiger charge is -2.26. The molecule has 6 nitrogen and oxygen atoms in total. The fourth-order valence-corrected chi connectivity index (χ4v) is 4.08. The van der Waals surface area contributed by atoms with Crippen LogP contribution in [0.15, 0.2) is 89.3 Å². The maximum atomic E-state index is 13.3. The molecule has 0 spiro atoms. The number of hydrogen-bond donors (Lipinski definition) is 1. The van der Waals surface area contributed by atoms with Gasteiger partial charge >= 0.3 is 6.18 Å². The molecule has 5 aromatic rings. The second kappa shape index (κ2) is 10.0. The Kier molecular flexibility index (Phi) is 6.62. The van der Waals surface area contributed by atoms with Gasteiger partial charge in [0.1, 0.15) is 0 Å². The van der Waals surface area contributed by atoms with Gasteiger partial charge in [0.15, 0.2) is 11.6 Å². The van der Waals surface area contributed by atoms with E-state index in [1.54, 1.807) is 6.07 Å². The number of oxazole rings is 1. The molecule has 0 aliphatic carbocycles. The van der Waals surface area contributed by atoms with Crippen molar-refractivity contribution in [3.05, 3.63) is 96.1 Å². The van der Waals surface area contributed by atoms with Crippen molar-refractivity contribution in [2.24, 2.45) is 0 Å². The molecule has 0 aliphatic rings. The van der Waals surface area contributed by atoms with E-state index >= 15 is 0 Å². The summed E-state index contributed by atoms with van der Waals surface area (Å²) in [6, 6.07) is 23.9. The summed E-state index contributed by atoms with van der Waals surface area (Å²) < 4.78 is 46.1. The first-order valence-corrected chi connectivity index (χ1v) is 11.7. The fourth-order valence-electron chi connectivity index (χ4n) is 4.08. The first-order chi connectivity index (χ1) is 17.8. The molecule has 0 saturated heterocycles. The third-order valence-electron chi connectivity index (χ3n) is 5.99. The molecule has 37 heavy (non-hydrogen) atoms. The summed E-state index contributed by atoms with van der Waals surface area (Å²) in [6.45, 7) is 0.274. The van der Waals surface area contributed by atoms with Crippen LogP contribution in [0.4, 0.5) is 19.0 Å². The zero-order valence-electron chi connectivity index (χ0n) is 20.2. The van der Waals surface area contributed by atoms with Gasteiger partial charge in [-0.25, -0.2) is 9.97 Å². The largest absolute Gasteiger partial charge is 0.430 e. The van der Waals surface area contributed by atoms with E-state index in [0.29, 0.717) is 34.3 Å². The average Bonchev–Trinajstić information content (AvgIpc) is 3.34. The SMILES string of the molecule is CN(C)[C@H](CNc1nc(-c2ccccc2)nc2nc(-c3ccccc3)oc12)c1cccc(C(F)(F)F)c1. The number of benzene rings is 3. The number of hydrogen-bond acceptors (Lipinski definition) is 6. The average molecular weight is 504 g/mol. The Morgan fingerprint density at radius 2 is 1.51 bits per heavy atom. The van der Waals surface area contributed by atoms with E-state index < -0.39 is 11.7 Å². The number of nitrogens with zero attached hydrogens (tertiary/aromatic N) is 4. The predicted octanol–water partition coefficient (Wildman–Crippen LogP) is 6.69. The van der Waals surface area contributed by atoms with Crippen LogP contribution >= 0.6 is 0 Å². The first-order valence-electron chi connectivity index (χ1n) is 11.7. The number of nitrogens with one attached hydrogen (secondary N) is 1. The molecule has 0 radical (unpaired) electrons. The van der Waals surface area contributed by atoms with Gasteiger partial charge in [-0.05, 0) is 43.9 Å². The minimum absolute atomic E-state index is 0.274. The highest BCUT2D eigenvalue weighted by Gasteiger charge is 2.31. The lowest BCUT2D eigenvalue weighted by molar-refractivity contribution is -0.137. The Balaban J connectivity index is 1.54. The van der Waals surface area contributed by atoms with Crippen LogP contribution in [0.3, 0.4) is 0 Å². The number of halogens is 3. The third-order valence-corrected chi connectivity index (χ3v) is 5.99. The van der Waals surface area contributed by atoms with E-state index in [-0.39, 0.29) is 12.6 Å². The molecule has 9 heteroatoms. The Labute approximate surface area is 211 Å². The summed E-state index contributed by atoms with van der Waals surface area (Å²) >= 11 is 0. The van der Waals surface area contributed by atoms with E-state index in [1.807, 2.05) is 79.7 Å². The number of aromatic nitrogens is 3. The van der Waals surface area contributed by atoms with Gasteiger partial charge in [0.25, 0.3) is 0 Å². The summed E-state index contributed by atoms with van der Waals surface area (Å²) in [5, 5.41) is 3.29. The van der Waals surface area contributed by atoms with E-state index in [4.69, 9.17) is 9.40 Å². The molecule has 0 saturated carbocycles. The molecule has 1 N–H and O–H groups in total. The molecule has 5 rings (SSSR count). The lowest BCUT2D eigenvalue weighted by Crippen LogP contribution is -2.27. The van der Waals surface area contributed by atoms with Crippen LogP contribution in [-0.2, 0) is 6.18 Å². The summed E-state index contributed by atoms with van der Waals surface area (Å²) in [5.74, 6) is 1.28. The summed E-state index contributed by atoms with van der Waals surface area (Å²) in [4.78, 5) is 15.8. The molecule has 188 valence electrons. The van der Waals surface area contributed by atoms with Crippen LogP contribution in [0.1, 0.15) is 17.2 Å². The van der Waals surface area contributed by atoms with Crippen molar-refractivity contribution in [3.8, 4) is 22.8 Å². The Bertz CT molecular complexity index is 1500. The van der Waals surface area contributed by atoms with Crippen LogP contribution in [0.25, 0.3) is 34.1 Å². The van der Waals surface area contributed by atoms with Crippen molar-refractivity contribution in [1.29, 1.82) is 0 Å². The minimum Gasteiger partial charge on any atom is -0.430 e. The first kappa shape index (κ1) is 24.5. The fraction of sp³-hybridized carbons (Fsp3) is 0.179. The summed E-state index contributed by atoms with van der Waals surface area (Å²) in [7, 11) is 3.64. The standard InChI is InChI=1S/C28H24F3N5O/c1-36(2)22(20-14-9-15-21(16-20)28(29,30)31)17-32-25-23-26(34-24(33-25)18-10-5-3-6-11-18)35-27(37-23)19-12-7-4-8-13-19/h3-16,22H,17H2,1-2H3,(H,32,33,34)/t22-/m1/s1. The maximum absolute atomic E-state index is 13.3. The third kappa shape index (κ3) is 5.31. The van der Waals surface area contributed by atoms with E-state index in [2.05, 4.69) is 15.3 Å². The molecule has 0 unspecified atom stereocenters. The Morgan fingerprint density at radius 3 is 2.16 bits per heavy atom. The number of likely N-dealkylation sites (N-methyl/N-ethyl adjacent to an activating group) is 1. The normalized spacial score (nSPS) is 12.7. The van der Waals surface area contributed by atoms with Gasteiger partial charge in [0, 0.05) is 17.7 Å². The molecule has 1 atom stereocenters. The highest BCUT2D eigenvalue weighted by molar-refractivity contribution is 5.84. The van der Waals surface area contributed by atoms with E-state index in [0.717, 1.165) is 17.2 Å². The predicted molar refractivity (Wildman–Crippen MR) is 137 cm³/mol. The van der Waals surface area contributed by atoms with Gasteiger partial charge in [0.05, 0.1) is 11.6 Å². The Hall–Kier alpha value is -4.24. The smallest absolute Gasteiger partial charge is 0.416 e. The summed E-state index contributed by atoms with van der Waals surface area (Å²) in [6.07, 6.45) is -4.42. The highest BCUT2D eigenvalue weighted by Crippen LogP contribution is 2.33.